The zero-order valence-corrected chi connectivity index (χ0v) is 23.5. The van der Waals surface area contributed by atoms with Gasteiger partial charge in [0.15, 0.2) is 11.6 Å². The topological polar surface area (TPSA) is 159 Å². The van der Waals surface area contributed by atoms with Gasteiger partial charge in [-0.1, -0.05) is 36.4 Å². The molecule has 0 spiro atoms. The fraction of sp³-hybridized carbons (Fsp3) is 0.233. The van der Waals surface area contributed by atoms with Crippen LogP contribution in [0.5, 0.6) is 5.75 Å². The number of amides is 3. The number of hydrogen-bond acceptors (Lipinski definition) is 6. The van der Waals surface area contributed by atoms with Gasteiger partial charge >= 0.3 is 6.09 Å². The van der Waals surface area contributed by atoms with E-state index in [0.29, 0.717) is 16.7 Å². The summed E-state index contributed by atoms with van der Waals surface area (Å²) in [7, 11) is 3.19. The number of aromatic nitrogens is 3. The van der Waals surface area contributed by atoms with Gasteiger partial charge in [0.1, 0.15) is 23.9 Å². The van der Waals surface area contributed by atoms with E-state index in [9.17, 15) is 28.7 Å². The number of nitrogens with zero attached hydrogens (tertiary/aromatic N) is 3. The zero-order valence-electron chi connectivity index (χ0n) is 23.5. The quantitative estimate of drug-likeness (QED) is 0.184. The van der Waals surface area contributed by atoms with Gasteiger partial charge in [-0.2, -0.15) is 0 Å². The maximum absolute atomic E-state index is 14.6. The first-order valence-corrected chi connectivity index (χ1v) is 13.3. The molecule has 0 unspecified atom stereocenters. The minimum absolute atomic E-state index is 0.00589. The zero-order chi connectivity index (χ0) is 30.9. The van der Waals surface area contributed by atoms with Crippen molar-refractivity contribution < 1.29 is 28.6 Å². The summed E-state index contributed by atoms with van der Waals surface area (Å²) in [5, 5.41) is 13.8. The highest BCUT2D eigenvalue weighted by Gasteiger charge is 2.21. The molecule has 0 aliphatic carbocycles. The van der Waals surface area contributed by atoms with E-state index in [1.165, 1.54) is 27.8 Å². The molecule has 0 bridgehead atoms. The number of allylic oxidation sites excluding steroid dienone is 1. The Morgan fingerprint density at radius 2 is 1.95 bits per heavy atom. The van der Waals surface area contributed by atoms with Gasteiger partial charge in [-0.15, -0.1) is 0 Å². The maximum Gasteiger partial charge on any atom is 0.405 e. The molecule has 1 aromatic carbocycles. The van der Waals surface area contributed by atoms with Crippen LogP contribution >= 0.6 is 0 Å². The molecule has 4 N–H and O–H groups in total. The molecular formula is C30H31FN6O6. The molecule has 0 saturated carbocycles. The highest BCUT2D eigenvalue weighted by molar-refractivity contribution is 5.96. The number of hydrogen-bond donors (Lipinski definition) is 4. The summed E-state index contributed by atoms with van der Waals surface area (Å²) in [5.41, 5.74) is 1.58. The van der Waals surface area contributed by atoms with Gasteiger partial charge in [-0.3, -0.25) is 19.4 Å². The predicted molar refractivity (Wildman–Crippen MR) is 157 cm³/mol. The Morgan fingerprint density at radius 3 is 2.67 bits per heavy atom. The van der Waals surface area contributed by atoms with E-state index in [1.54, 1.807) is 32.3 Å². The molecule has 0 aliphatic rings. The smallest absolute Gasteiger partial charge is 0.405 e. The second-order valence-corrected chi connectivity index (χ2v) is 9.82. The minimum atomic E-state index is -1.41. The molecule has 3 heterocycles. The van der Waals surface area contributed by atoms with Crippen molar-refractivity contribution in [3.05, 3.63) is 101 Å². The first-order valence-electron chi connectivity index (χ1n) is 13.3. The number of nitrogens with one attached hydrogen (secondary N) is 3. The van der Waals surface area contributed by atoms with E-state index in [1.807, 2.05) is 30.3 Å². The number of likely N-dealkylation sites (N-methyl/N-ethyl adjacent to an activating group) is 1. The number of benzene rings is 1. The van der Waals surface area contributed by atoms with Crippen molar-refractivity contribution in [1.29, 1.82) is 0 Å². The lowest BCUT2D eigenvalue weighted by Gasteiger charge is -2.16. The molecule has 12 nitrogen and oxygen atoms in total. The summed E-state index contributed by atoms with van der Waals surface area (Å²) < 4.78 is 21.7. The molecule has 13 heteroatoms. The van der Waals surface area contributed by atoms with Crippen molar-refractivity contribution >= 4 is 34.6 Å². The number of carbonyl (C=O) groups is 3. The first-order chi connectivity index (χ1) is 20.6. The molecule has 1 atom stereocenters. The predicted octanol–water partition coefficient (Wildman–Crippen LogP) is 3.49. The van der Waals surface area contributed by atoms with Gasteiger partial charge < -0.3 is 34.9 Å². The fourth-order valence-electron chi connectivity index (χ4n) is 4.21. The number of pyridine rings is 2. The number of ether oxygens (including phenoxy) is 1. The highest BCUT2D eigenvalue weighted by atomic mass is 19.1. The van der Waals surface area contributed by atoms with Crippen LogP contribution in [0, 0.1) is 5.82 Å². The van der Waals surface area contributed by atoms with Gasteiger partial charge in [0.2, 0.25) is 11.8 Å². The normalized spacial score (nSPS) is 11.8. The van der Waals surface area contributed by atoms with Crippen molar-refractivity contribution in [3.8, 4) is 5.75 Å². The van der Waals surface area contributed by atoms with E-state index < -0.39 is 29.4 Å². The van der Waals surface area contributed by atoms with Crippen LogP contribution in [0.2, 0.25) is 0 Å². The summed E-state index contributed by atoms with van der Waals surface area (Å²) >= 11 is 0. The van der Waals surface area contributed by atoms with Gasteiger partial charge in [0.05, 0.1) is 18.3 Å². The van der Waals surface area contributed by atoms with Crippen molar-refractivity contribution in [3.63, 3.8) is 0 Å². The number of aromatic amines is 1. The average Bonchev–Trinajstić information content (AvgIpc) is 3.39. The lowest BCUT2D eigenvalue weighted by atomic mass is 10.1. The van der Waals surface area contributed by atoms with Crippen molar-refractivity contribution in [2.24, 2.45) is 0 Å². The van der Waals surface area contributed by atoms with Gasteiger partial charge in [0, 0.05) is 26.0 Å². The maximum atomic E-state index is 14.6. The van der Waals surface area contributed by atoms with Gasteiger partial charge in [-0.25, -0.2) is 9.18 Å². The van der Waals surface area contributed by atoms with E-state index in [0.717, 1.165) is 11.8 Å². The summed E-state index contributed by atoms with van der Waals surface area (Å²) in [6.07, 6.45) is 4.35. The Balaban J connectivity index is 1.48. The van der Waals surface area contributed by atoms with E-state index in [2.05, 4.69) is 20.6 Å². The second-order valence-electron chi connectivity index (χ2n) is 9.82. The lowest BCUT2D eigenvalue weighted by Crippen LogP contribution is -2.44. The molecule has 0 fully saturated rings. The van der Waals surface area contributed by atoms with E-state index in [4.69, 9.17) is 4.74 Å². The van der Waals surface area contributed by atoms with Crippen LogP contribution in [0.3, 0.4) is 0 Å². The van der Waals surface area contributed by atoms with Crippen molar-refractivity contribution in [2.75, 3.05) is 19.4 Å². The van der Waals surface area contributed by atoms with Crippen LogP contribution in [0.15, 0.2) is 77.9 Å². The standard InChI is InChI=1S/C30H31FN6O6/c1-36(2)25(38)13-7-6-11-22(35-30(41)42)28(39)34-23-12-8-14-37(29(23)40)17-20-15-24-26(33-20)27(21(31)16-32-24)43-18-19-9-4-3-5-10-19/h3-5,7-10,12-16,22,33,35H,6,11,17-18H2,1-2H3,(H,34,39)(H,41,42)/b13-7+/t22-/m0/s1. The first kappa shape index (κ1) is 30.5. The van der Waals surface area contributed by atoms with Crippen LogP contribution < -0.4 is 20.9 Å². The second kappa shape index (κ2) is 13.9. The fourth-order valence-corrected chi connectivity index (χ4v) is 4.21. The Kier molecular flexibility index (Phi) is 9.89. The third-order valence-electron chi connectivity index (χ3n) is 6.40. The number of carboxylic acid groups (broad SMARTS) is 1. The van der Waals surface area contributed by atoms with Crippen LogP contribution in [0.25, 0.3) is 11.0 Å². The van der Waals surface area contributed by atoms with Crippen molar-refractivity contribution in [2.45, 2.75) is 32.0 Å². The third-order valence-corrected chi connectivity index (χ3v) is 6.40. The molecule has 224 valence electrons. The Labute approximate surface area is 245 Å². The number of anilines is 1. The summed E-state index contributed by atoms with van der Waals surface area (Å²) in [4.78, 5) is 57.6. The molecule has 4 aromatic rings. The summed E-state index contributed by atoms with van der Waals surface area (Å²) in [6.45, 7) is 0.189. The molecule has 4 rings (SSSR count). The average molecular weight is 591 g/mol. The molecule has 0 radical (unpaired) electrons. The third kappa shape index (κ3) is 8.06. The SMILES string of the molecule is CN(C)C(=O)/C=C/CC[C@H](NC(=O)O)C(=O)Nc1cccn(Cc2cc3ncc(F)c(OCc4ccccc4)c3[nH]2)c1=O. The summed E-state index contributed by atoms with van der Waals surface area (Å²) in [5.74, 6) is -1.60. The minimum Gasteiger partial charge on any atom is -0.483 e. The number of fused-ring (bicyclic) bond motifs is 1. The summed E-state index contributed by atoms with van der Waals surface area (Å²) in [6, 6.07) is 12.8. The Bertz CT molecular complexity index is 1700. The molecular weight excluding hydrogens is 559 g/mol. The largest absolute Gasteiger partial charge is 0.483 e. The molecule has 0 aliphatic heterocycles. The van der Waals surface area contributed by atoms with Crippen molar-refractivity contribution in [1.82, 2.24) is 24.8 Å². The Hall–Kier alpha value is -5.46. The highest BCUT2D eigenvalue weighted by Crippen LogP contribution is 2.28. The number of H-pyrrole nitrogens is 1. The lowest BCUT2D eigenvalue weighted by molar-refractivity contribution is -0.123. The van der Waals surface area contributed by atoms with E-state index >= 15 is 0 Å². The van der Waals surface area contributed by atoms with E-state index in [-0.39, 0.29) is 43.3 Å². The van der Waals surface area contributed by atoms with Gasteiger partial charge in [0.25, 0.3) is 5.56 Å². The molecule has 43 heavy (non-hydrogen) atoms. The Morgan fingerprint density at radius 1 is 1.19 bits per heavy atom. The van der Waals surface area contributed by atoms with Crippen LogP contribution in [0.4, 0.5) is 14.9 Å². The molecule has 3 aromatic heterocycles. The number of halogens is 1. The number of carbonyl (C=O) groups excluding carboxylic acids is 2. The monoisotopic (exact) mass is 590 g/mol. The van der Waals surface area contributed by atoms with Gasteiger partial charge in [-0.05, 0) is 42.7 Å². The van der Waals surface area contributed by atoms with Crippen LogP contribution in [0.1, 0.15) is 24.1 Å². The molecule has 3 amide bonds. The van der Waals surface area contributed by atoms with Crippen LogP contribution in [-0.2, 0) is 22.7 Å². The van der Waals surface area contributed by atoms with Crippen LogP contribution in [-0.4, -0.2) is 62.6 Å². The molecule has 0 saturated heterocycles. The number of rotatable bonds is 12.